The number of carbonyl (C=O) groups excluding carboxylic acids is 1. The van der Waals surface area contributed by atoms with Gasteiger partial charge in [0.05, 0.1) is 28.4 Å². The van der Waals surface area contributed by atoms with E-state index in [2.05, 4.69) is 4.98 Å². The van der Waals surface area contributed by atoms with Gasteiger partial charge in [0, 0.05) is 40.5 Å². The number of aromatic nitrogens is 3. The molecular formula is C28H25FN4O3S. The second-order valence-corrected chi connectivity index (χ2v) is 11.9. The fraction of sp³-hybridized carbons (Fsp3) is 0.321. The van der Waals surface area contributed by atoms with E-state index in [0.717, 1.165) is 5.56 Å². The van der Waals surface area contributed by atoms with Gasteiger partial charge < -0.3 is 0 Å². The van der Waals surface area contributed by atoms with E-state index < -0.39 is 15.7 Å². The summed E-state index contributed by atoms with van der Waals surface area (Å²) in [7, 11) is -3.30. The molecule has 3 atom stereocenters. The summed E-state index contributed by atoms with van der Waals surface area (Å²) in [5.41, 5.74) is 3.32. The Morgan fingerprint density at radius 3 is 2.70 bits per heavy atom. The first-order chi connectivity index (χ1) is 17.7. The number of pyridine rings is 1. The number of rotatable bonds is 5. The molecule has 0 saturated carbocycles. The Labute approximate surface area is 215 Å². The van der Waals surface area contributed by atoms with Crippen LogP contribution in [0.2, 0.25) is 0 Å². The van der Waals surface area contributed by atoms with Gasteiger partial charge in [-0.1, -0.05) is 32.1 Å². The number of sulfone groups is 1. The molecule has 5 rings (SSSR count). The second-order valence-electron chi connectivity index (χ2n) is 9.53. The van der Waals surface area contributed by atoms with E-state index in [4.69, 9.17) is 9.97 Å². The molecule has 0 spiro atoms. The second kappa shape index (κ2) is 9.60. The number of nitrogens with zero attached hydrogens (tertiary/aromatic N) is 4. The fourth-order valence-electron chi connectivity index (χ4n) is 5.30. The highest BCUT2D eigenvalue weighted by Gasteiger charge is 2.42. The Bertz CT molecular complexity index is 1590. The molecule has 2 heterocycles. The van der Waals surface area contributed by atoms with Crippen LogP contribution in [0, 0.1) is 29.0 Å². The number of carbonyl (C=O) groups is 1. The summed E-state index contributed by atoms with van der Waals surface area (Å²) in [5, 5.41) is 9.59. The molecule has 188 valence electrons. The highest BCUT2D eigenvalue weighted by molar-refractivity contribution is 7.90. The van der Waals surface area contributed by atoms with Crippen LogP contribution < -0.4 is 0 Å². The maximum Gasteiger partial charge on any atom is 0.176 e. The molecule has 37 heavy (non-hydrogen) atoms. The van der Waals surface area contributed by atoms with Gasteiger partial charge in [-0.05, 0) is 43.0 Å². The maximum atomic E-state index is 15.0. The number of Topliss-reactive ketones (excluding diaryl/α,β-unsaturated/α-hetero) is 1. The van der Waals surface area contributed by atoms with Gasteiger partial charge in [-0.25, -0.2) is 22.8 Å². The highest BCUT2D eigenvalue weighted by atomic mass is 32.2. The van der Waals surface area contributed by atoms with Gasteiger partial charge in [-0.3, -0.25) is 9.78 Å². The molecule has 0 aliphatic heterocycles. The van der Waals surface area contributed by atoms with Gasteiger partial charge >= 0.3 is 0 Å². The topological polar surface area (TPSA) is 114 Å². The molecule has 2 aliphatic carbocycles. The van der Waals surface area contributed by atoms with Crippen molar-refractivity contribution in [3.8, 4) is 28.7 Å². The first kappa shape index (κ1) is 24.9. The molecule has 2 aromatic heterocycles. The molecule has 0 amide bonds. The van der Waals surface area contributed by atoms with Crippen LogP contribution in [-0.2, 0) is 26.8 Å². The predicted molar refractivity (Wildman–Crippen MR) is 136 cm³/mol. The fourth-order valence-corrected chi connectivity index (χ4v) is 6.12. The molecule has 0 saturated heterocycles. The Kier molecular flexibility index (Phi) is 6.46. The molecule has 0 N–H and O–H groups in total. The maximum absolute atomic E-state index is 15.0. The number of allylic oxidation sites excluding steroid dienone is 2. The van der Waals surface area contributed by atoms with Crippen molar-refractivity contribution < 1.29 is 17.6 Å². The minimum atomic E-state index is -3.30. The summed E-state index contributed by atoms with van der Waals surface area (Å²) in [5.74, 6) is -1.13. The predicted octanol–water partition coefficient (Wildman–Crippen LogP) is 4.59. The number of ketones is 1. The Balaban J connectivity index is 1.73. The Morgan fingerprint density at radius 1 is 1.19 bits per heavy atom. The Hall–Kier alpha value is -3.77. The molecule has 0 radical (unpaired) electrons. The summed E-state index contributed by atoms with van der Waals surface area (Å²) >= 11 is 0. The molecule has 3 aromatic rings. The third-order valence-corrected chi connectivity index (χ3v) is 8.96. The normalized spacial score (nSPS) is 21.0. The van der Waals surface area contributed by atoms with Crippen LogP contribution in [0.4, 0.5) is 4.39 Å². The first-order valence-corrected chi connectivity index (χ1v) is 14.0. The minimum absolute atomic E-state index is 0.000775. The molecule has 3 unspecified atom stereocenters. The molecule has 7 nitrogen and oxygen atoms in total. The standard InChI is InChI=1S/C28H25FN4O3S/c1-3-37(35,36)15-19-12-17(10-11-31-19)28-32-25(21-6-4-5-7-24(21)29)22-9-8-20-16(2)27(34)18(14-30)13-23(20)26(22)33-28/h4-7,10-13,16,20,23H,3,8-9,15H2,1-2H3. The van der Waals surface area contributed by atoms with E-state index in [-0.39, 0.29) is 40.6 Å². The van der Waals surface area contributed by atoms with E-state index in [9.17, 15) is 22.9 Å². The average molecular weight is 517 g/mol. The molecular weight excluding hydrogens is 491 g/mol. The summed E-state index contributed by atoms with van der Waals surface area (Å²) < 4.78 is 39.4. The van der Waals surface area contributed by atoms with Crippen LogP contribution in [0.3, 0.4) is 0 Å². The van der Waals surface area contributed by atoms with Gasteiger partial charge in [0.25, 0.3) is 0 Å². The lowest BCUT2D eigenvalue weighted by atomic mass is 9.66. The van der Waals surface area contributed by atoms with Crippen LogP contribution in [0.15, 0.2) is 54.2 Å². The number of hydrogen-bond acceptors (Lipinski definition) is 7. The van der Waals surface area contributed by atoms with Gasteiger partial charge in [-0.15, -0.1) is 0 Å². The van der Waals surface area contributed by atoms with Gasteiger partial charge in [0.1, 0.15) is 11.9 Å². The molecule has 9 heteroatoms. The van der Waals surface area contributed by atoms with Crippen molar-refractivity contribution in [2.75, 3.05) is 5.75 Å². The van der Waals surface area contributed by atoms with Gasteiger partial charge in [0.2, 0.25) is 0 Å². The number of benzene rings is 1. The van der Waals surface area contributed by atoms with Crippen molar-refractivity contribution in [3.63, 3.8) is 0 Å². The average Bonchev–Trinajstić information content (AvgIpc) is 2.90. The molecule has 1 aromatic carbocycles. The van der Waals surface area contributed by atoms with E-state index >= 15 is 0 Å². The zero-order valence-electron chi connectivity index (χ0n) is 20.5. The van der Waals surface area contributed by atoms with Crippen LogP contribution >= 0.6 is 0 Å². The minimum Gasteiger partial charge on any atom is -0.293 e. The van der Waals surface area contributed by atoms with Gasteiger partial charge in [0.15, 0.2) is 21.4 Å². The van der Waals surface area contributed by atoms with Crippen molar-refractivity contribution >= 4 is 15.6 Å². The van der Waals surface area contributed by atoms with E-state index in [1.165, 1.54) is 12.3 Å². The van der Waals surface area contributed by atoms with Gasteiger partial charge in [-0.2, -0.15) is 5.26 Å². The first-order valence-electron chi connectivity index (χ1n) is 12.2. The summed E-state index contributed by atoms with van der Waals surface area (Å²) in [6, 6.07) is 11.8. The molecule has 0 bridgehead atoms. The zero-order valence-corrected chi connectivity index (χ0v) is 21.3. The summed E-state index contributed by atoms with van der Waals surface area (Å²) in [6.45, 7) is 3.43. The monoisotopic (exact) mass is 516 g/mol. The number of hydrogen-bond donors (Lipinski definition) is 0. The lowest BCUT2D eigenvalue weighted by Crippen LogP contribution is -2.35. The smallest absolute Gasteiger partial charge is 0.176 e. The van der Waals surface area contributed by atoms with Crippen LogP contribution in [0.25, 0.3) is 22.6 Å². The van der Waals surface area contributed by atoms with Crippen molar-refractivity contribution in [2.24, 2.45) is 11.8 Å². The SMILES string of the molecule is CCS(=O)(=O)Cc1cc(-c2nc(-c3ccccc3F)c3c(n2)C2C=C(C#N)C(=O)C(C)C2CC3)ccn1. The third-order valence-electron chi connectivity index (χ3n) is 7.34. The lowest BCUT2D eigenvalue weighted by Gasteiger charge is -2.38. The van der Waals surface area contributed by atoms with Crippen molar-refractivity contribution in [1.29, 1.82) is 5.26 Å². The van der Waals surface area contributed by atoms with Crippen LogP contribution in [0.5, 0.6) is 0 Å². The largest absolute Gasteiger partial charge is 0.293 e. The number of nitriles is 1. The van der Waals surface area contributed by atoms with Crippen LogP contribution in [0.1, 0.15) is 43.1 Å². The summed E-state index contributed by atoms with van der Waals surface area (Å²) in [4.78, 5) is 26.6. The molecule has 0 fully saturated rings. The summed E-state index contributed by atoms with van der Waals surface area (Å²) in [6.07, 6.45) is 4.47. The van der Waals surface area contributed by atoms with E-state index in [1.807, 2.05) is 13.0 Å². The number of fused-ring (bicyclic) bond motifs is 3. The van der Waals surface area contributed by atoms with E-state index in [0.29, 0.717) is 46.9 Å². The van der Waals surface area contributed by atoms with Crippen LogP contribution in [-0.4, -0.2) is 34.9 Å². The van der Waals surface area contributed by atoms with E-state index in [1.54, 1.807) is 43.3 Å². The zero-order chi connectivity index (χ0) is 26.3. The quantitative estimate of drug-likeness (QED) is 0.487. The third kappa shape index (κ3) is 4.58. The van der Waals surface area contributed by atoms with Crippen molar-refractivity contribution in [2.45, 2.75) is 38.4 Å². The lowest BCUT2D eigenvalue weighted by molar-refractivity contribution is -0.120. The number of halogens is 1. The van der Waals surface area contributed by atoms with Crippen molar-refractivity contribution in [1.82, 2.24) is 15.0 Å². The molecule has 2 aliphatic rings. The Morgan fingerprint density at radius 2 is 1.97 bits per heavy atom. The highest BCUT2D eigenvalue weighted by Crippen LogP contribution is 2.47. The van der Waals surface area contributed by atoms with Crippen molar-refractivity contribution in [3.05, 3.63) is 77.0 Å².